The van der Waals surface area contributed by atoms with Crippen molar-refractivity contribution in [3.05, 3.63) is 22.3 Å². The highest BCUT2D eigenvalue weighted by molar-refractivity contribution is 6.02. The lowest BCUT2D eigenvalue weighted by molar-refractivity contribution is -0.138. The maximum atomic E-state index is 15.0. The van der Waals surface area contributed by atoms with Gasteiger partial charge in [-0.05, 0) is 31.6 Å². The number of hydrogen-bond acceptors (Lipinski definition) is 4. The maximum absolute atomic E-state index is 15.0. The summed E-state index contributed by atoms with van der Waals surface area (Å²) in [7, 11) is 0. The predicted molar refractivity (Wildman–Crippen MR) is 105 cm³/mol. The fourth-order valence-corrected chi connectivity index (χ4v) is 3.96. The molecule has 0 aromatic carbocycles. The molecule has 9 heteroatoms. The molecule has 3 unspecified atom stereocenters. The Bertz CT molecular complexity index is 752. The Hall–Kier alpha value is -2.71. The molecule has 0 fully saturated rings. The molecule has 0 aromatic rings. The number of carboxylic acids is 4. The van der Waals surface area contributed by atoms with Crippen LogP contribution in [0.15, 0.2) is 22.3 Å². The lowest BCUT2D eigenvalue weighted by Gasteiger charge is -2.30. The van der Waals surface area contributed by atoms with Crippen LogP contribution < -0.4 is 0 Å². The second-order valence-electron chi connectivity index (χ2n) is 7.52. The average Bonchev–Trinajstić information content (AvgIpc) is 2.64. The van der Waals surface area contributed by atoms with Crippen molar-refractivity contribution in [3.8, 4) is 0 Å². The number of alkyl halides is 1. The molecule has 0 saturated carbocycles. The number of halogens is 1. The number of unbranched alkanes of at least 4 members (excludes halogenated alkanes) is 2. The van der Waals surface area contributed by atoms with Gasteiger partial charge in [0.2, 0.25) is 0 Å². The van der Waals surface area contributed by atoms with E-state index < -0.39 is 77.0 Å². The minimum absolute atomic E-state index is 0.0839. The summed E-state index contributed by atoms with van der Waals surface area (Å²) in [5.41, 5.74) is -2.26. The summed E-state index contributed by atoms with van der Waals surface area (Å²) in [6, 6.07) is 0. The highest BCUT2D eigenvalue weighted by Gasteiger charge is 2.41. The van der Waals surface area contributed by atoms with Gasteiger partial charge in [0.25, 0.3) is 0 Å². The zero-order chi connectivity index (χ0) is 23.0. The standard InChI is InChI=1S/C21H29FO8/c1-3-5-7-11-9-13(18(23)24)17(21(29)30)12(15(22)8-6-4-2)10-14(19(25)26)16(11)20(27)28/h11-12,15H,3-10H2,1-2H3,(H,23,24)(H,25,26)(H,27,28)(H,29,30). The fourth-order valence-electron chi connectivity index (χ4n) is 3.96. The van der Waals surface area contributed by atoms with Crippen LogP contribution in [0.25, 0.3) is 0 Å². The van der Waals surface area contributed by atoms with Crippen molar-refractivity contribution in [3.63, 3.8) is 0 Å². The summed E-state index contributed by atoms with van der Waals surface area (Å²) in [5, 5.41) is 38.8. The Balaban J connectivity index is 3.77. The van der Waals surface area contributed by atoms with Gasteiger partial charge in [-0.2, -0.15) is 0 Å². The molecule has 1 rings (SSSR count). The van der Waals surface area contributed by atoms with Crippen molar-refractivity contribution in [2.45, 2.75) is 71.4 Å². The van der Waals surface area contributed by atoms with Crippen LogP contribution >= 0.6 is 0 Å². The van der Waals surface area contributed by atoms with Crippen LogP contribution in [0.1, 0.15) is 65.2 Å². The van der Waals surface area contributed by atoms with E-state index in [1.165, 1.54) is 0 Å². The number of rotatable bonds is 11. The Morgan fingerprint density at radius 1 is 0.833 bits per heavy atom. The zero-order valence-electron chi connectivity index (χ0n) is 17.2. The van der Waals surface area contributed by atoms with Crippen LogP contribution in [-0.2, 0) is 19.2 Å². The topological polar surface area (TPSA) is 149 Å². The fraction of sp³-hybridized carbons (Fsp3) is 0.619. The van der Waals surface area contributed by atoms with Crippen LogP contribution in [-0.4, -0.2) is 50.5 Å². The van der Waals surface area contributed by atoms with E-state index in [1.54, 1.807) is 6.92 Å². The van der Waals surface area contributed by atoms with Gasteiger partial charge in [-0.25, -0.2) is 23.6 Å². The molecule has 0 heterocycles. The number of aliphatic carboxylic acids is 4. The molecular weight excluding hydrogens is 399 g/mol. The van der Waals surface area contributed by atoms with Crippen LogP contribution in [0.4, 0.5) is 4.39 Å². The molecule has 30 heavy (non-hydrogen) atoms. The second-order valence-corrected chi connectivity index (χ2v) is 7.52. The summed E-state index contributed by atoms with van der Waals surface area (Å²) in [5.74, 6) is -8.83. The summed E-state index contributed by atoms with van der Waals surface area (Å²) < 4.78 is 15.0. The first-order valence-electron chi connectivity index (χ1n) is 10.1. The van der Waals surface area contributed by atoms with Gasteiger partial charge < -0.3 is 20.4 Å². The third-order valence-electron chi connectivity index (χ3n) is 5.46. The van der Waals surface area contributed by atoms with E-state index in [2.05, 4.69) is 0 Å². The van der Waals surface area contributed by atoms with E-state index in [-0.39, 0.29) is 12.8 Å². The van der Waals surface area contributed by atoms with Gasteiger partial charge >= 0.3 is 23.9 Å². The molecular formula is C21H29FO8. The molecule has 0 amide bonds. The molecule has 168 valence electrons. The maximum Gasteiger partial charge on any atom is 0.332 e. The summed E-state index contributed by atoms with van der Waals surface area (Å²) in [6.45, 7) is 3.63. The molecule has 0 aromatic heterocycles. The summed E-state index contributed by atoms with van der Waals surface area (Å²) in [4.78, 5) is 47.7. The van der Waals surface area contributed by atoms with E-state index >= 15 is 4.39 Å². The van der Waals surface area contributed by atoms with E-state index in [1.807, 2.05) is 6.92 Å². The van der Waals surface area contributed by atoms with E-state index in [0.29, 0.717) is 25.7 Å². The largest absolute Gasteiger partial charge is 0.478 e. The highest BCUT2D eigenvalue weighted by Crippen LogP contribution is 2.40. The van der Waals surface area contributed by atoms with E-state index in [0.717, 1.165) is 0 Å². The molecule has 8 nitrogen and oxygen atoms in total. The molecule has 0 radical (unpaired) electrons. The Kier molecular flexibility index (Phi) is 9.68. The lowest BCUT2D eigenvalue weighted by atomic mass is 9.74. The van der Waals surface area contributed by atoms with Crippen molar-refractivity contribution in [2.75, 3.05) is 0 Å². The molecule has 4 N–H and O–H groups in total. The monoisotopic (exact) mass is 428 g/mol. The lowest BCUT2D eigenvalue weighted by Crippen LogP contribution is -2.32. The van der Waals surface area contributed by atoms with E-state index in [4.69, 9.17) is 0 Å². The minimum Gasteiger partial charge on any atom is -0.478 e. The SMILES string of the molecule is CCCCC1CC(C(=O)O)=C(C(=O)O)C(C(F)CCCC)CC(C(=O)O)=C1C(=O)O. The van der Waals surface area contributed by atoms with Gasteiger partial charge in [-0.3, -0.25) is 0 Å². The minimum atomic E-state index is -1.82. The highest BCUT2D eigenvalue weighted by atomic mass is 19.1. The van der Waals surface area contributed by atoms with Crippen molar-refractivity contribution >= 4 is 23.9 Å². The molecule has 3 atom stereocenters. The number of carboxylic acid groups (broad SMARTS) is 4. The van der Waals surface area contributed by atoms with Gasteiger partial charge in [0.1, 0.15) is 6.17 Å². The normalized spacial score (nSPS) is 21.0. The van der Waals surface area contributed by atoms with Crippen molar-refractivity contribution in [2.24, 2.45) is 11.8 Å². The first-order chi connectivity index (χ1) is 14.1. The Morgan fingerprint density at radius 2 is 1.33 bits per heavy atom. The van der Waals surface area contributed by atoms with Gasteiger partial charge in [-0.15, -0.1) is 0 Å². The molecule has 1 aliphatic rings. The molecule has 0 spiro atoms. The Labute approximate surface area is 174 Å². The first-order valence-corrected chi connectivity index (χ1v) is 10.1. The summed E-state index contributed by atoms with van der Waals surface area (Å²) in [6.07, 6.45) is -0.754. The Morgan fingerprint density at radius 3 is 1.77 bits per heavy atom. The van der Waals surface area contributed by atoms with Crippen LogP contribution in [0.3, 0.4) is 0 Å². The second kappa shape index (κ2) is 11.5. The zero-order valence-corrected chi connectivity index (χ0v) is 17.2. The molecule has 0 aliphatic heterocycles. The van der Waals surface area contributed by atoms with Crippen molar-refractivity contribution < 1.29 is 44.0 Å². The smallest absolute Gasteiger partial charge is 0.332 e. The molecule has 0 saturated heterocycles. The average molecular weight is 428 g/mol. The third kappa shape index (κ3) is 6.14. The first kappa shape index (κ1) is 25.3. The third-order valence-corrected chi connectivity index (χ3v) is 5.46. The van der Waals surface area contributed by atoms with Gasteiger partial charge in [0.05, 0.1) is 11.1 Å². The van der Waals surface area contributed by atoms with E-state index in [9.17, 15) is 39.6 Å². The molecule has 0 bridgehead atoms. The predicted octanol–water partition coefficient (Wildman–Crippen LogP) is 3.66. The van der Waals surface area contributed by atoms with Crippen LogP contribution in [0.2, 0.25) is 0 Å². The molecule has 1 aliphatic carbocycles. The van der Waals surface area contributed by atoms with Crippen molar-refractivity contribution in [1.29, 1.82) is 0 Å². The summed E-state index contributed by atoms with van der Waals surface area (Å²) >= 11 is 0. The quantitative estimate of drug-likeness (QED) is 0.389. The van der Waals surface area contributed by atoms with Gasteiger partial charge in [-0.1, -0.05) is 39.5 Å². The van der Waals surface area contributed by atoms with Gasteiger partial charge in [0, 0.05) is 17.1 Å². The van der Waals surface area contributed by atoms with Crippen molar-refractivity contribution in [1.82, 2.24) is 0 Å². The van der Waals surface area contributed by atoms with Crippen LogP contribution in [0.5, 0.6) is 0 Å². The number of carbonyl (C=O) groups is 4. The van der Waals surface area contributed by atoms with Gasteiger partial charge in [0.15, 0.2) is 0 Å². The number of hydrogen-bond donors (Lipinski definition) is 4. The van der Waals surface area contributed by atoms with Crippen LogP contribution in [0, 0.1) is 11.8 Å².